The number of aliphatic imine (C=N–C) groups is 2. The Kier molecular flexibility index (Phi) is 7.64. The van der Waals surface area contributed by atoms with E-state index in [1.807, 2.05) is 18.3 Å². The Morgan fingerprint density at radius 2 is 2.00 bits per heavy atom. The summed E-state index contributed by atoms with van der Waals surface area (Å²) in [6, 6.07) is 8.04. The number of aromatic nitrogens is 1. The first-order valence-electron chi connectivity index (χ1n) is 12.3. The highest BCUT2D eigenvalue weighted by molar-refractivity contribution is 9.12. The number of halogens is 4. The number of carbonyl (C=O) groups is 1. The molecule has 3 aliphatic heterocycles. The Labute approximate surface area is 226 Å². The molecule has 1 aromatic carbocycles. The van der Waals surface area contributed by atoms with Crippen LogP contribution in [0.3, 0.4) is 0 Å². The number of dihydropyridines is 2. The van der Waals surface area contributed by atoms with E-state index in [1.54, 1.807) is 17.3 Å². The lowest BCUT2D eigenvalue weighted by molar-refractivity contribution is -0.137. The van der Waals surface area contributed by atoms with Crippen LogP contribution < -0.4 is 10.6 Å². The van der Waals surface area contributed by atoms with E-state index in [9.17, 15) is 18.0 Å². The molecule has 0 radical (unpaired) electrons. The third-order valence-corrected chi connectivity index (χ3v) is 7.42. The molecular formula is C27H26BrF3N6O. The van der Waals surface area contributed by atoms with E-state index in [0.717, 1.165) is 52.1 Å². The number of nitrogens with one attached hydrogen (secondary N) is 2. The fraction of sp³-hybridized carbons (Fsp3) is 0.333. The summed E-state index contributed by atoms with van der Waals surface area (Å²) in [5.74, 6) is 0.0300. The van der Waals surface area contributed by atoms with Gasteiger partial charge in [-0.2, -0.15) is 13.2 Å². The van der Waals surface area contributed by atoms with Gasteiger partial charge in [-0.25, -0.2) is 4.79 Å². The number of piperidine rings is 1. The van der Waals surface area contributed by atoms with Crippen molar-refractivity contribution in [2.75, 3.05) is 25.0 Å². The molecule has 38 heavy (non-hydrogen) atoms. The van der Waals surface area contributed by atoms with E-state index in [4.69, 9.17) is 4.99 Å². The van der Waals surface area contributed by atoms with E-state index in [0.29, 0.717) is 31.9 Å². The van der Waals surface area contributed by atoms with Gasteiger partial charge in [-0.3, -0.25) is 15.0 Å². The van der Waals surface area contributed by atoms with E-state index >= 15 is 0 Å². The van der Waals surface area contributed by atoms with Crippen molar-refractivity contribution in [2.45, 2.75) is 25.6 Å². The fourth-order valence-electron chi connectivity index (χ4n) is 4.80. The number of pyridine rings is 1. The van der Waals surface area contributed by atoms with Crippen molar-refractivity contribution in [2.24, 2.45) is 21.8 Å². The first-order valence-corrected chi connectivity index (χ1v) is 13.1. The SMILES string of the molecule is O=C(Nc1ccc(C(F)(F)F)cc1)N1CCCC(C2=NC3=C(Br)C=NCC3C(NCc3cccnc3)=C2)C1. The fourth-order valence-corrected chi connectivity index (χ4v) is 5.31. The quantitative estimate of drug-likeness (QED) is 0.466. The van der Waals surface area contributed by atoms with Crippen molar-refractivity contribution in [3.8, 4) is 0 Å². The van der Waals surface area contributed by atoms with Crippen molar-refractivity contribution < 1.29 is 18.0 Å². The third kappa shape index (κ3) is 5.98. The van der Waals surface area contributed by atoms with E-state index in [2.05, 4.69) is 42.6 Å². The summed E-state index contributed by atoms with van der Waals surface area (Å²) in [6.45, 7) is 2.24. The summed E-state index contributed by atoms with van der Waals surface area (Å²) in [6.07, 6.45) is 4.67. The van der Waals surface area contributed by atoms with Crippen LogP contribution in [0.4, 0.5) is 23.7 Å². The molecule has 2 N–H and O–H groups in total. The first-order chi connectivity index (χ1) is 18.3. The molecule has 5 rings (SSSR count). The zero-order valence-electron chi connectivity index (χ0n) is 20.4. The molecule has 7 nitrogen and oxygen atoms in total. The maximum atomic E-state index is 13.0. The summed E-state index contributed by atoms with van der Waals surface area (Å²) in [5, 5.41) is 6.27. The normalized spacial score (nSPS) is 21.4. The lowest BCUT2D eigenvalue weighted by atomic mass is 9.87. The highest BCUT2D eigenvalue weighted by Crippen LogP contribution is 2.35. The predicted octanol–water partition coefficient (Wildman–Crippen LogP) is 5.78. The summed E-state index contributed by atoms with van der Waals surface area (Å²) >= 11 is 3.61. The number of amides is 2. The van der Waals surface area contributed by atoms with Crippen molar-refractivity contribution >= 4 is 39.6 Å². The average Bonchev–Trinajstić information content (AvgIpc) is 2.92. The van der Waals surface area contributed by atoms with Crippen molar-refractivity contribution in [1.82, 2.24) is 15.2 Å². The second-order valence-electron chi connectivity index (χ2n) is 9.42. The van der Waals surface area contributed by atoms with Gasteiger partial charge < -0.3 is 15.5 Å². The number of urea groups is 1. The maximum Gasteiger partial charge on any atom is 0.416 e. The molecule has 1 saturated heterocycles. The lowest BCUT2D eigenvalue weighted by Gasteiger charge is -2.35. The molecule has 2 aromatic rings. The molecule has 1 aromatic heterocycles. The number of carbonyl (C=O) groups excluding carboxylic acids is 1. The zero-order chi connectivity index (χ0) is 26.7. The Hall–Kier alpha value is -3.47. The number of fused-ring (bicyclic) bond motifs is 1. The first kappa shape index (κ1) is 26.1. The monoisotopic (exact) mass is 586 g/mol. The smallest absolute Gasteiger partial charge is 0.384 e. The average molecular weight is 587 g/mol. The van der Waals surface area contributed by atoms with Crippen LogP contribution in [0.25, 0.3) is 0 Å². The number of hydrogen-bond acceptors (Lipinski definition) is 5. The van der Waals surface area contributed by atoms with Crippen LogP contribution in [-0.4, -0.2) is 47.5 Å². The Morgan fingerprint density at radius 3 is 2.74 bits per heavy atom. The van der Waals surface area contributed by atoms with Gasteiger partial charge in [0.25, 0.3) is 0 Å². The van der Waals surface area contributed by atoms with Crippen LogP contribution in [-0.2, 0) is 12.7 Å². The molecule has 4 heterocycles. The van der Waals surface area contributed by atoms with Crippen LogP contribution in [0.15, 0.2) is 80.7 Å². The van der Waals surface area contributed by atoms with Gasteiger partial charge >= 0.3 is 12.2 Å². The molecule has 0 bridgehead atoms. The summed E-state index contributed by atoms with van der Waals surface area (Å²) in [7, 11) is 0. The van der Waals surface area contributed by atoms with Crippen LogP contribution >= 0.6 is 15.9 Å². The largest absolute Gasteiger partial charge is 0.416 e. The summed E-state index contributed by atoms with van der Waals surface area (Å²) in [5.41, 5.74) is 3.45. The Morgan fingerprint density at radius 1 is 1.18 bits per heavy atom. The molecule has 3 aliphatic rings. The molecule has 198 valence electrons. The van der Waals surface area contributed by atoms with Gasteiger partial charge in [-0.15, -0.1) is 0 Å². The van der Waals surface area contributed by atoms with Crippen LogP contribution in [0.5, 0.6) is 0 Å². The molecule has 2 atom stereocenters. The minimum absolute atomic E-state index is 0.0115. The minimum Gasteiger partial charge on any atom is -0.384 e. The molecule has 0 aliphatic carbocycles. The van der Waals surface area contributed by atoms with Gasteiger partial charge in [-0.1, -0.05) is 6.07 Å². The van der Waals surface area contributed by atoms with Gasteiger partial charge in [0.2, 0.25) is 0 Å². The van der Waals surface area contributed by atoms with Gasteiger partial charge in [0.05, 0.1) is 28.2 Å². The molecule has 0 saturated carbocycles. The Balaban J connectivity index is 1.30. The van der Waals surface area contributed by atoms with Gasteiger partial charge in [0, 0.05) is 61.3 Å². The highest BCUT2D eigenvalue weighted by Gasteiger charge is 2.33. The number of benzene rings is 1. The predicted molar refractivity (Wildman–Crippen MR) is 144 cm³/mol. The number of allylic oxidation sites excluding steroid dienone is 2. The zero-order valence-corrected chi connectivity index (χ0v) is 22.0. The van der Waals surface area contributed by atoms with Crippen molar-refractivity contribution in [3.63, 3.8) is 0 Å². The van der Waals surface area contributed by atoms with Gasteiger partial charge in [0.15, 0.2) is 0 Å². The number of hydrogen-bond donors (Lipinski definition) is 2. The molecule has 2 amide bonds. The number of rotatable bonds is 5. The van der Waals surface area contributed by atoms with Crippen molar-refractivity contribution in [3.05, 3.63) is 81.9 Å². The molecular weight excluding hydrogens is 561 g/mol. The second-order valence-corrected chi connectivity index (χ2v) is 10.3. The molecule has 1 fully saturated rings. The van der Waals surface area contributed by atoms with E-state index in [-0.39, 0.29) is 17.9 Å². The van der Waals surface area contributed by atoms with Crippen LogP contribution in [0.2, 0.25) is 0 Å². The Bertz CT molecular complexity index is 1300. The number of alkyl halides is 3. The number of anilines is 1. The summed E-state index contributed by atoms with van der Waals surface area (Å²) in [4.78, 5) is 28.3. The van der Waals surface area contributed by atoms with Crippen LogP contribution in [0.1, 0.15) is 24.0 Å². The van der Waals surface area contributed by atoms with Gasteiger partial charge in [-0.05, 0) is 70.7 Å². The van der Waals surface area contributed by atoms with Crippen LogP contribution in [0, 0.1) is 11.8 Å². The topological polar surface area (TPSA) is 82.0 Å². The standard InChI is InChI=1S/C27H26BrF3N6O/c28-22-15-33-14-21-24(34-13-17-3-1-9-32-12-17)11-23(36-25(21)22)18-4-2-10-37(16-18)26(38)35-20-7-5-19(6-8-20)27(29,30)31/h1,3,5-9,11-12,15,18,21,34H,2,4,10,13-14,16H2,(H,35,38). The number of nitrogens with zero attached hydrogens (tertiary/aromatic N) is 4. The molecule has 11 heteroatoms. The molecule has 2 unspecified atom stereocenters. The second kappa shape index (κ2) is 11.1. The highest BCUT2D eigenvalue weighted by atomic mass is 79.9. The van der Waals surface area contributed by atoms with E-state index in [1.165, 1.54) is 12.1 Å². The number of likely N-dealkylation sites (tertiary alicyclic amines) is 1. The van der Waals surface area contributed by atoms with Gasteiger partial charge in [0.1, 0.15) is 0 Å². The third-order valence-electron chi connectivity index (χ3n) is 6.81. The molecule has 0 spiro atoms. The lowest BCUT2D eigenvalue weighted by Crippen LogP contribution is -2.44. The maximum absolute atomic E-state index is 13.0. The summed E-state index contributed by atoms with van der Waals surface area (Å²) < 4.78 is 39.4. The van der Waals surface area contributed by atoms with Crippen molar-refractivity contribution in [1.29, 1.82) is 0 Å². The van der Waals surface area contributed by atoms with E-state index < -0.39 is 11.7 Å². The minimum atomic E-state index is -4.42.